The lowest BCUT2D eigenvalue weighted by Gasteiger charge is -2.49. The van der Waals surface area contributed by atoms with Crippen molar-refractivity contribution in [1.82, 2.24) is 34.5 Å². The number of carbonyl (C=O) groups excluding carboxylic acids is 2. The molecule has 12 nitrogen and oxygen atoms in total. The van der Waals surface area contributed by atoms with Crippen LogP contribution in [0.5, 0.6) is 11.6 Å². The van der Waals surface area contributed by atoms with Crippen LogP contribution < -0.4 is 10.1 Å². The number of rotatable bonds is 6. The van der Waals surface area contributed by atoms with Gasteiger partial charge in [0, 0.05) is 32.2 Å². The number of fused-ring (bicyclic) bond motifs is 1. The zero-order valence-electron chi connectivity index (χ0n) is 21.9. The van der Waals surface area contributed by atoms with E-state index in [9.17, 15) is 23.5 Å². The van der Waals surface area contributed by atoms with Crippen molar-refractivity contribution in [3.05, 3.63) is 66.7 Å². The Hall–Kier alpha value is -4.46. The fourth-order valence-electron chi connectivity index (χ4n) is 4.98. The Morgan fingerprint density at radius 2 is 2.00 bits per heavy atom. The molecule has 0 aliphatic carbocycles. The Morgan fingerprint density at radius 3 is 2.70 bits per heavy atom. The molecule has 2 aromatic heterocycles. The smallest absolute Gasteiger partial charge is 0.272 e. The van der Waals surface area contributed by atoms with E-state index in [1.807, 2.05) is 13.8 Å². The van der Waals surface area contributed by atoms with Crippen LogP contribution in [0.25, 0.3) is 0 Å². The molecule has 2 atom stereocenters. The lowest BCUT2D eigenvalue weighted by atomic mass is 9.91. The van der Waals surface area contributed by atoms with Crippen molar-refractivity contribution in [2.75, 3.05) is 25.0 Å². The third kappa shape index (κ3) is 5.47. The molecule has 40 heavy (non-hydrogen) atoms. The second-order valence-electron chi connectivity index (χ2n) is 10.3. The molecule has 210 valence electrons. The highest BCUT2D eigenvalue weighted by atomic mass is 19.1. The number of hydrogen-bond donors (Lipinski definition) is 2. The van der Waals surface area contributed by atoms with Crippen molar-refractivity contribution in [3.63, 3.8) is 0 Å². The summed E-state index contributed by atoms with van der Waals surface area (Å²) in [6.45, 7) is 9.28. The van der Waals surface area contributed by atoms with Gasteiger partial charge in [0.1, 0.15) is 18.2 Å². The Morgan fingerprint density at radius 1 is 1.20 bits per heavy atom. The summed E-state index contributed by atoms with van der Waals surface area (Å²) in [5.41, 5.74) is -0.427. The zero-order valence-corrected chi connectivity index (χ0v) is 21.9. The third-order valence-corrected chi connectivity index (χ3v) is 7.01. The number of aliphatic hydroxyl groups is 1. The fourth-order valence-corrected chi connectivity index (χ4v) is 4.98. The van der Waals surface area contributed by atoms with Crippen LogP contribution in [0, 0.1) is 17.6 Å². The highest BCUT2D eigenvalue weighted by Crippen LogP contribution is 2.32. The molecule has 0 bridgehead atoms. The Balaban J connectivity index is 1.17. The van der Waals surface area contributed by atoms with Crippen molar-refractivity contribution in [1.29, 1.82) is 0 Å². The standard InChI is InChI=1S/C26H28F2N8O4/c1-15(24(38)32-21-10-30-22(11-29-21)40-20-5-4-17(27)9-18(20)28)34-6-7-36(26(2,3)13-34)25(39)16-8-19(37)23-33-31-14-35(23)12-16/h4-5,9-11,14,16,19,37H,1,6-8,12-13H2,2-3H3,(H,29,32,38). The number of nitrogens with zero attached hydrogens (tertiary/aromatic N) is 7. The number of carbonyl (C=O) groups is 2. The predicted octanol–water partition coefficient (Wildman–Crippen LogP) is 2.27. The Labute approximate surface area is 228 Å². The molecule has 1 fully saturated rings. The van der Waals surface area contributed by atoms with Gasteiger partial charge in [-0.1, -0.05) is 6.58 Å². The second-order valence-corrected chi connectivity index (χ2v) is 10.3. The Kier molecular flexibility index (Phi) is 7.19. The molecule has 2 aliphatic heterocycles. The first kappa shape index (κ1) is 27.1. The number of ether oxygens (including phenoxy) is 1. The molecule has 4 heterocycles. The molecule has 0 saturated carbocycles. The highest BCUT2D eigenvalue weighted by molar-refractivity contribution is 6.02. The van der Waals surface area contributed by atoms with Crippen LogP contribution in [-0.4, -0.2) is 76.6 Å². The van der Waals surface area contributed by atoms with Crippen LogP contribution in [-0.2, 0) is 16.1 Å². The van der Waals surface area contributed by atoms with Gasteiger partial charge in [-0.2, -0.15) is 0 Å². The van der Waals surface area contributed by atoms with Crippen LogP contribution in [0.1, 0.15) is 32.2 Å². The minimum Gasteiger partial charge on any atom is -0.434 e. The third-order valence-electron chi connectivity index (χ3n) is 7.01. The molecule has 2 N–H and O–H groups in total. The van der Waals surface area contributed by atoms with Gasteiger partial charge in [0.05, 0.1) is 29.5 Å². The van der Waals surface area contributed by atoms with E-state index in [0.29, 0.717) is 38.1 Å². The predicted molar refractivity (Wildman–Crippen MR) is 137 cm³/mol. The summed E-state index contributed by atoms with van der Waals surface area (Å²) in [6, 6.07) is 2.87. The first-order valence-corrected chi connectivity index (χ1v) is 12.6. The molecular formula is C26H28F2N8O4. The summed E-state index contributed by atoms with van der Waals surface area (Å²) in [5.74, 6) is -2.29. The van der Waals surface area contributed by atoms with Gasteiger partial charge < -0.3 is 29.5 Å². The van der Waals surface area contributed by atoms with Gasteiger partial charge in [-0.05, 0) is 32.4 Å². The maximum atomic E-state index is 13.8. The first-order valence-electron chi connectivity index (χ1n) is 12.6. The van der Waals surface area contributed by atoms with Gasteiger partial charge in [0.15, 0.2) is 23.2 Å². The number of aliphatic hydroxyl groups excluding tert-OH is 1. The summed E-state index contributed by atoms with van der Waals surface area (Å²) in [4.78, 5) is 38.0. The quantitative estimate of drug-likeness (QED) is 0.440. The van der Waals surface area contributed by atoms with Crippen LogP contribution in [0.15, 0.2) is 49.2 Å². The lowest BCUT2D eigenvalue weighted by molar-refractivity contribution is -0.147. The van der Waals surface area contributed by atoms with Gasteiger partial charge in [0.2, 0.25) is 11.8 Å². The highest BCUT2D eigenvalue weighted by Gasteiger charge is 2.42. The van der Waals surface area contributed by atoms with Crippen molar-refractivity contribution < 1.29 is 28.2 Å². The van der Waals surface area contributed by atoms with Crippen molar-refractivity contribution in [2.24, 2.45) is 5.92 Å². The maximum Gasteiger partial charge on any atom is 0.272 e. The van der Waals surface area contributed by atoms with Crippen molar-refractivity contribution in [3.8, 4) is 11.6 Å². The molecule has 0 spiro atoms. The van der Waals surface area contributed by atoms with E-state index < -0.39 is 35.1 Å². The summed E-state index contributed by atoms with van der Waals surface area (Å²) in [5, 5.41) is 20.8. The second kappa shape index (κ2) is 10.6. The average molecular weight is 555 g/mol. The van der Waals surface area contributed by atoms with E-state index in [-0.39, 0.29) is 35.5 Å². The van der Waals surface area contributed by atoms with Crippen LogP contribution in [0.3, 0.4) is 0 Å². The minimum atomic E-state index is -0.888. The van der Waals surface area contributed by atoms with Crippen LogP contribution in [0.4, 0.5) is 14.6 Å². The molecule has 14 heteroatoms. The monoisotopic (exact) mass is 554 g/mol. The fraction of sp³-hybridized carbons (Fsp3) is 0.385. The van der Waals surface area contributed by atoms with Crippen molar-refractivity contribution >= 4 is 17.6 Å². The van der Waals surface area contributed by atoms with Gasteiger partial charge in [-0.15, -0.1) is 10.2 Å². The van der Waals surface area contributed by atoms with Gasteiger partial charge >= 0.3 is 0 Å². The summed E-state index contributed by atoms with van der Waals surface area (Å²) in [7, 11) is 0. The number of piperazine rings is 1. The first-order chi connectivity index (χ1) is 19.0. The summed E-state index contributed by atoms with van der Waals surface area (Å²) < 4.78 is 33.9. The van der Waals surface area contributed by atoms with Gasteiger partial charge in [-0.25, -0.2) is 18.7 Å². The molecular weight excluding hydrogens is 526 g/mol. The zero-order chi connectivity index (χ0) is 28.6. The minimum absolute atomic E-state index is 0.0455. The molecule has 2 amide bonds. The maximum absolute atomic E-state index is 13.8. The number of nitrogens with one attached hydrogen (secondary N) is 1. The van der Waals surface area contributed by atoms with Crippen LogP contribution in [0.2, 0.25) is 0 Å². The van der Waals surface area contributed by atoms with E-state index in [0.717, 1.165) is 12.1 Å². The number of amides is 2. The molecule has 1 saturated heterocycles. The number of benzene rings is 1. The van der Waals surface area contributed by atoms with Gasteiger partial charge in [0.25, 0.3) is 5.91 Å². The molecule has 2 aliphatic rings. The molecule has 1 aromatic carbocycles. The Bertz CT molecular complexity index is 1440. The van der Waals surface area contributed by atoms with E-state index in [2.05, 4.69) is 32.1 Å². The SMILES string of the molecule is C=C(C(=O)Nc1cnc(Oc2ccc(F)cc2F)cn1)N1CCN(C(=O)C2CC(O)c3nncn3C2)C(C)(C)C1. The molecule has 5 rings (SSSR count). The van der Waals surface area contributed by atoms with Crippen molar-refractivity contribution in [2.45, 2.75) is 38.5 Å². The number of aromatic nitrogens is 5. The van der Waals surface area contributed by atoms with E-state index in [1.54, 1.807) is 14.4 Å². The normalized spacial score (nSPS) is 20.0. The lowest BCUT2D eigenvalue weighted by Crippen LogP contribution is -2.62. The van der Waals surface area contributed by atoms with Crippen LogP contribution >= 0.6 is 0 Å². The van der Waals surface area contributed by atoms with Gasteiger partial charge in [-0.3, -0.25) is 9.59 Å². The number of anilines is 1. The van der Waals surface area contributed by atoms with E-state index >= 15 is 0 Å². The summed E-state index contributed by atoms with van der Waals surface area (Å²) >= 11 is 0. The molecule has 2 unspecified atom stereocenters. The largest absolute Gasteiger partial charge is 0.434 e. The molecule has 3 aromatic rings. The van der Waals surface area contributed by atoms with E-state index in [4.69, 9.17) is 4.74 Å². The summed E-state index contributed by atoms with van der Waals surface area (Å²) in [6.07, 6.45) is 3.36. The average Bonchev–Trinajstić information content (AvgIpc) is 3.39. The van der Waals surface area contributed by atoms with E-state index in [1.165, 1.54) is 18.7 Å². The topological polar surface area (TPSA) is 139 Å². The number of halogens is 2. The number of hydrogen-bond acceptors (Lipinski definition) is 9. The molecule has 0 radical (unpaired) electrons.